The molecule has 15 heteroatoms. The van der Waals surface area contributed by atoms with Crippen LogP contribution in [0.1, 0.15) is 28.4 Å². The van der Waals surface area contributed by atoms with Crippen molar-refractivity contribution < 1.29 is 33.6 Å². The molecular weight excluding hydrogens is 596 g/mol. The van der Waals surface area contributed by atoms with Gasteiger partial charge in [0.1, 0.15) is 5.82 Å². The van der Waals surface area contributed by atoms with E-state index < -0.39 is 53.2 Å². The molecule has 0 spiro atoms. The quantitative estimate of drug-likeness (QED) is 0.244. The lowest BCUT2D eigenvalue weighted by Crippen LogP contribution is -2.55. The summed E-state index contributed by atoms with van der Waals surface area (Å²) in [6.07, 6.45) is -2.22. The zero-order valence-corrected chi connectivity index (χ0v) is 23.0. The molecule has 4 amide bonds. The molecular formula is C27H22Cl2FN5O7. The van der Waals surface area contributed by atoms with Gasteiger partial charge in [-0.2, -0.15) is 0 Å². The van der Waals surface area contributed by atoms with Crippen molar-refractivity contribution in [3.8, 4) is 0 Å². The van der Waals surface area contributed by atoms with Gasteiger partial charge in [-0.05, 0) is 48.0 Å². The van der Waals surface area contributed by atoms with Gasteiger partial charge in [0.2, 0.25) is 0 Å². The number of carbonyl (C=O) groups is 4. The largest absolute Gasteiger partial charge is 0.481 e. The molecule has 3 aromatic carbocycles. The topological polar surface area (TPSA) is 162 Å². The summed E-state index contributed by atoms with van der Waals surface area (Å²) in [6.45, 7) is -0.188. The van der Waals surface area contributed by atoms with Gasteiger partial charge in [0, 0.05) is 36.5 Å². The van der Waals surface area contributed by atoms with Crippen molar-refractivity contribution in [1.29, 1.82) is 0 Å². The number of halogens is 3. The number of carbonyl (C=O) groups excluding carboxylic acids is 3. The molecule has 1 aliphatic heterocycles. The standard InChI is InChI=1S/C27H22Cl2FN5O7/c28-20-9-4-16(13-21(20)29)26(39)33-10-11-34(27(40)31-18-7-5-17(30)6-8-18)25(33)24(38)32-22(14-23(36)37)15-2-1-3-19(12-15)35(41)42/h1-9,12-13,22,25H,10-11,14H2,(H,31,40)(H,32,38)(H,36,37). The SMILES string of the molecule is O=C(O)CC(NC(=O)C1N(C(=O)Nc2ccc(F)cc2)CCN1C(=O)c1ccc(Cl)c(Cl)c1)c1cccc([N+](=O)[O-])c1. The summed E-state index contributed by atoms with van der Waals surface area (Å²) in [5.41, 5.74) is 0.0938. The maximum atomic E-state index is 13.8. The fourth-order valence-corrected chi connectivity index (χ4v) is 4.69. The number of rotatable bonds is 8. The summed E-state index contributed by atoms with van der Waals surface area (Å²) in [4.78, 5) is 65.0. The average molecular weight is 618 g/mol. The molecule has 1 aliphatic rings. The van der Waals surface area contributed by atoms with Gasteiger partial charge in [0.15, 0.2) is 6.17 Å². The van der Waals surface area contributed by atoms with E-state index in [1.807, 2.05) is 0 Å². The first kappa shape index (κ1) is 30.2. The fraction of sp³-hybridized carbons (Fsp3) is 0.185. The number of nitro groups is 1. The predicted octanol–water partition coefficient (Wildman–Crippen LogP) is 4.69. The van der Waals surface area contributed by atoms with Gasteiger partial charge in [-0.3, -0.25) is 29.4 Å². The monoisotopic (exact) mass is 617 g/mol. The van der Waals surface area contributed by atoms with Gasteiger partial charge >= 0.3 is 12.0 Å². The Balaban J connectivity index is 1.67. The van der Waals surface area contributed by atoms with Crippen LogP contribution in [0.15, 0.2) is 66.7 Å². The van der Waals surface area contributed by atoms with E-state index in [9.17, 15) is 38.8 Å². The summed E-state index contributed by atoms with van der Waals surface area (Å²) < 4.78 is 13.4. The Kier molecular flexibility index (Phi) is 9.23. The second-order valence-corrected chi connectivity index (χ2v) is 9.96. The number of carboxylic acid groups (broad SMARTS) is 1. The molecule has 3 aromatic rings. The van der Waals surface area contributed by atoms with E-state index in [4.69, 9.17) is 23.2 Å². The summed E-state index contributed by atoms with van der Waals surface area (Å²) in [5.74, 6) is -3.44. The third-order valence-electron chi connectivity index (χ3n) is 6.37. The minimum Gasteiger partial charge on any atom is -0.481 e. The van der Waals surface area contributed by atoms with Crippen LogP contribution in [-0.2, 0) is 9.59 Å². The van der Waals surface area contributed by atoms with Crippen molar-refractivity contribution >= 4 is 58.4 Å². The van der Waals surface area contributed by atoms with E-state index in [1.165, 1.54) is 48.5 Å². The highest BCUT2D eigenvalue weighted by Gasteiger charge is 2.44. The third kappa shape index (κ3) is 6.93. The lowest BCUT2D eigenvalue weighted by atomic mass is 10.0. The highest BCUT2D eigenvalue weighted by molar-refractivity contribution is 6.42. The molecule has 2 atom stereocenters. The van der Waals surface area contributed by atoms with Crippen LogP contribution in [-0.4, -0.2) is 62.9 Å². The van der Waals surface area contributed by atoms with Crippen LogP contribution in [0.25, 0.3) is 0 Å². The number of nitrogens with one attached hydrogen (secondary N) is 2. The van der Waals surface area contributed by atoms with Crippen LogP contribution < -0.4 is 10.6 Å². The predicted molar refractivity (Wildman–Crippen MR) is 150 cm³/mol. The molecule has 0 saturated carbocycles. The summed E-state index contributed by atoms with van der Waals surface area (Å²) in [7, 11) is 0. The second kappa shape index (κ2) is 12.8. The van der Waals surface area contributed by atoms with Gasteiger partial charge in [0.05, 0.1) is 27.4 Å². The van der Waals surface area contributed by atoms with Gasteiger partial charge < -0.3 is 20.6 Å². The van der Waals surface area contributed by atoms with E-state index in [2.05, 4.69) is 10.6 Å². The Labute approximate surface area is 247 Å². The van der Waals surface area contributed by atoms with Crippen LogP contribution in [0.5, 0.6) is 0 Å². The number of anilines is 1. The number of urea groups is 1. The van der Waals surface area contributed by atoms with Crippen molar-refractivity contribution in [3.05, 3.63) is 104 Å². The molecule has 2 unspecified atom stereocenters. The normalized spacial score (nSPS) is 15.2. The van der Waals surface area contributed by atoms with Crippen LogP contribution in [0.4, 0.5) is 20.6 Å². The van der Waals surface area contributed by atoms with Crippen LogP contribution >= 0.6 is 23.2 Å². The molecule has 3 N–H and O–H groups in total. The maximum Gasteiger partial charge on any atom is 0.323 e. The average Bonchev–Trinajstić information content (AvgIpc) is 3.40. The zero-order valence-electron chi connectivity index (χ0n) is 21.5. The first-order chi connectivity index (χ1) is 19.9. The van der Waals surface area contributed by atoms with E-state index in [0.29, 0.717) is 0 Å². The third-order valence-corrected chi connectivity index (χ3v) is 7.11. The van der Waals surface area contributed by atoms with Crippen molar-refractivity contribution in [2.24, 2.45) is 0 Å². The molecule has 0 bridgehead atoms. The number of non-ortho nitro benzene ring substituents is 1. The summed E-state index contributed by atoms with van der Waals surface area (Å²) >= 11 is 12.0. The molecule has 42 heavy (non-hydrogen) atoms. The maximum absolute atomic E-state index is 13.8. The first-order valence-electron chi connectivity index (χ1n) is 12.3. The number of hydrogen-bond donors (Lipinski definition) is 3. The molecule has 218 valence electrons. The van der Waals surface area contributed by atoms with E-state index in [-0.39, 0.29) is 45.6 Å². The van der Waals surface area contributed by atoms with Crippen molar-refractivity contribution in [2.45, 2.75) is 18.6 Å². The fourth-order valence-electron chi connectivity index (χ4n) is 4.39. The van der Waals surface area contributed by atoms with Crippen LogP contribution in [0.3, 0.4) is 0 Å². The van der Waals surface area contributed by atoms with Gasteiger partial charge in [0.25, 0.3) is 17.5 Å². The Bertz CT molecular complexity index is 1560. The van der Waals surface area contributed by atoms with Gasteiger partial charge in [-0.15, -0.1) is 0 Å². The molecule has 0 radical (unpaired) electrons. The van der Waals surface area contributed by atoms with Crippen molar-refractivity contribution in [3.63, 3.8) is 0 Å². The number of nitrogens with zero attached hydrogens (tertiary/aromatic N) is 3. The molecule has 0 aliphatic carbocycles. The number of carboxylic acids is 1. The number of hydrogen-bond acceptors (Lipinski definition) is 6. The molecule has 1 fully saturated rings. The highest BCUT2D eigenvalue weighted by atomic mass is 35.5. The zero-order chi connectivity index (χ0) is 30.6. The lowest BCUT2D eigenvalue weighted by Gasteiger charge is -2.31. The van der Waals surface area contributed by atoms with E-state index >= 15 is 0 Å². The van der Waals surface area contributed by atoms with E-state index in [1.54, 1.807) is 0 Å². The summed E-state index contributed by atoms with van der Waals surface area (Å²) in [5, 5.41) is 26.1. The Hall–Kier alpha value is -4.75. The van der Waals surface area contributed by atoms with Gasteiger partial charge in [-0.25, -0.2) is 9.18 Å². The van der Waals surface area contributed by atoms with Crippen LogP contribution in [0, 0.1) is 15.9 Å². The number of amides is 4. The summed E-state index contributed by atoms with van der Waals surface area (Å²) in [6, 6.07) is 12.0. The highest BCUT2D eigenvalue weighted by Crippen LogP contribution is 2.27. The molecule has 4 rings (SSSR count). The smallest absolute Gasteiger partial charge is 0.323 e. The Morgan fingerprint density at radius 2 is 1.69 bits per heavy atom. The van der Waals surface area contributed by atoms with Crippen molar-refractivity contribution in [2.75, 3.05) is 18.4 Å². The number of aliphatic carboxylic acids is 1. The Morgan fingerprint density at radius 3 is 2.33 bits per heavy atom. The lowest BCUT2D eigenvalue weighted by molar-refractivity contribution is -0.384. The molecule has 12 nitrogen and oxygen atoms in total. The van der Waals surface area contributed by atoms with E-state index in [0.717, 1.165) is 28.0 Å². The number of benzene rings is 3. The van der Waals surface area contributed by atoms with Crippen molar-refractivity contribution in [1.82, 2.24) is 15.1 Å². The molecule has 1 saturated heterocycles. The second-order valence-electron chi connectivity index (χ2n) is 9.14. The van der Waals surface area contributed by atoms with Gasteiger partial charge in [-0.1, -0.05) is 35.3 Å². The number of nitro benzene ring substituents is 1. The minimum atomic E-state index is -1.57. The molecule has 1 heterocycles. The Morgan fingerprint density at radius 1 is 1.00 bits per heavy atom. The molecule has 0 aromatic heterocycles. The van der Waals surface area contributed by atoms with Crippen LogP contribution in [0.2, 0.25) is 10.0 Å². The first-order valence-corrected chi connectivity index (χ1v) is 13.1. The minimum absolute atomic E-state index is 0.0729.